The molecule has 20 heavy (non-hydrogen) atoms. The van der Waals surface area contributed by atoms with E-state index in [1.165, 1.54) is 18.2 Å². The Bertz CT molecular complexity index is 661. The van der Waals surface area contributed by atoms with Crippen molar-refractivity contribution in [3.05, 3.63) is 62.8 Å². The van der Waals surface area contributed by atoms with Crippen LogP contribution in [0.2, 0.25) is 5.02 Å². The number of ether oxygens (including phenoxy) is 1. The van der Waals surface area contributed by atoms with Gasteiger partial charge in [0.15, 0.2) is 0 Å². The molecule has 0 atom stereocenters. The van der Waals surface area contributed by atoms with E-state index in [2.05, 4.69) is 15.9 Å². The van der Waals surface area contributed by atoms with E-state index in [9.17, 15) is 9.18 Å². The first-order valence-electron chi connectivity index (χ1n) is 5.57. The molecule has 2 aromatic rings. The second-order valence-corrected chi connectivity index (χ2v) is 5.22. The molecule has 0 spiro atoms. The van der Waals surface area contributed by atoms with Crippen LogP contribution in [0.25, 0.3) is 0 Å². The van der Waals surface area contributed by atoms with Gasteiger partial charge in [0.2, 0.25) is 0 Å². The van der Waals surface area contributed by atoms with Crippen LogP contribution in [-0.2, 0) is 6.61 Å². The number of carboxylic acid groups (broad SMARTS) is 1. The molecule has 0 saturated carbocycles. The Morgan fingerprint density at radius 3 is 2.75 bits per heavy atom. The fourth-order valence-electron chi connectivity index (χ4n) is 1.62. The summed E-state index contributed by atoms with van der Waals surface area (Å²) in [6.45, 7) is 0.111. The predicted octanol–water partition coefficient (Wildman–Crippen LogP) is 4.52. The molecule has 0 aliphatic heterocycles. The fraction of sp³-hybridized carbons (Fsp3) is 0.0714. The van der Waals surface area contributed by atoms with E-state index in [-0.39, 0.29) is 28.8 Å². The van der Waals surface area contributed by atoms with E-state index < -0.39 is 5.97 Å². The Kier molecular flexibility index (Phi) is 4.62. The van der Waals surface area contributed by atoms with Crippen molar-refractivity contribution in [2.45, 2.75) is 6.61 Å². The van der Waals surface area contributed by atoms with Gasteiger partial charge in [0.25, 0.3) is 0 Å². The lowest BCUT2D eigenvalue weighted by atomic mass is 10.2. The van der Waals surface area contributed by atoms with Crippen molar-refractivity contribution in [2.75, 3.05) is 0 Å². The van der Waals surface area contributed by atoms with Gasteiger partial charge in [-0.05, 0) is 45.8 Å². The summed E-state index contributed by atoms with van der Waals surface area (Å²) in [5, 5.41) is 9.21. The second kappa shape index (κ2) is 6.24. The van der Waals surface area contributed by atoms with Gasteiger partial charge in [-0.2, -0.15) is 0 Å². The maximum atomic E-state index is 13.1. The molecule has 0 saturated heterocycles. The maximum Gasteiger partial charge on any atom is 0.341 e. The lowest BCUT2D eigenvalue weighted by Crippen LogP contribution is -2.04. The number of halogens is 3. The third-order valence-electron chi connectivity index (χ3n) is 2.57. The molecule has 2 rings (SSSR count). The molecule has 0 amide bonds. The lowest BCUT2D eigenvalue weighted by molar-refractivity contribution is 0.0692. The standard InChI is InChI=1S/C14H9BrClFO3/c15-9-6-8(4-5-11(9)17)7-20-12-3-1-2-10(16)13(12)14(18)19/h1-6H,7H2,(H,18,19). The quantitative estimate of drug-likeness (QED) is 0.873. The van der Waals surface area contributed by atoms with E-state index in [1.54, 1.807) is 18.2 Å². The number of carbonyl (C=O) groups is 1. The summed E-state index contributed by atoms with van der Waals surface area (Å²) in [7, 11) is 0. The van der Waals surface area contributed by atoms with Crippen LogP contribution in [0.4, 0.5) is 4.39 Å². The molecule has 0 aliphatic rings. The smallest absolute Gasteiger partial charge is 0.341 e. The van der Waals surface area contributed by atoms with Crippen molar-refractivity contribution in [1.29, 1.82) is 0 Å². The minimum Gasteiger partial charge on any atom is -0.488 e. The Morgan fingerprint density at radius 2 is 2.10 bits per heavy atom. The van der Waals surface area contributed by atoms with Gasteiger partial charge in [-0.25, -0.2) is 9.18 Å². The van der Waals surface area contributed by atoms with Gasteiger partial charge in [-0.3, -0.25) is 0 Å². The highest BCUT2D eigenvalue weighted by Crippen LogP contribution is 2.27. The van der Waals surface area contributed by atoms with Crippen LogP contribution < -0.4 is 4.74 Å². The van der Waals surface area contributed by atoms with Crippen molar-refractivity contribution in [3.8, 4) is 5.75 Å². The molecule has 6 heteroatoms. The van der Waals surface area contributed by atoms with Crippen LogP contribution in [0.3, 0.4) is 0 Å². The average Bonchev–Trinajstić information content (AvgIpc) is 2.39. The number of hydrogen-bond acceptors (Lipinski definition) is 2. The van der Waals surface area contributed by atoms with Crippen molar-refractivity contribution in [2.24, 2.45) is 0 Å². The molecule has 0 aliphatic carbocycles. The van der Waals surface area contributed by atoms with E-state index in [4.69, 9.17) is 21.4 Å². The number of benzene rings is 2. The zero-order valence-electron chi connectivity index (χ0n) is 10.1. The van der Waals surface area contributed by atoms with Gasteiger partial charge >= 0.3 is 5.97 Å². The van der Waals surface area contributed by atoms with Crippen molar-refractivity contribution in [3.63, 3.8) is 0 Å². The predicted molar refractivity (Wildman–Crippen MR) is 76.8 cm³/mol. The molecular formula is C14H9BrClFO3. The maximum absolute atomic E-state index is 13.1. The summed E-state index contributed by atoms with van der Waals surface area (Å²) in [6, 6.07) is 9.04. The molecule has 3 nitrogen and oxygen atoms in total. The van der Waals surface area contributed by atoms with Crippen LogP contribution >= 0.6 is 27.5 Å². The highest BCUT2D eigenvalue weighted by Gasteiger charge is 2.15. The summed E-state index contributed by atoms with van der Waals surface area (Å²) in [5.41, 5.74) is 0.616. The van der Waals surface area contributed by atoms with Crippen LogP contribution in [0.15, 0.2) is 40.9 Å². The minimum absolute atomic E-state index is 0.0876. The third-order valence-corrected chi connectivity index (χ3v) is 3.49. The molecule has 0 bridgehead atoms. The molecule has 0 aromatic heterocycles. The van der Waals surface area contributed by atoms with Crippen LogP contribution in [-0.4, -0.2) is 11.1 Å². The minimum atomic E-state index is -1.16. The van der Waals surface area contributed by atoms with Crippen molar-refractivity contribution >= 4 is 33.5 Å². The molecule has 0 unspecified atom stereocenters. The molecule has 2 aromatic carbocycles. The Morgan fingerprint density at radius 1 is 1.35 bits per heavy atom. The summed E-state index contributed by atoms with van der Waals surface area (Å²) >= 11 is 8.91. The van der Waals surface area contributed by atoms with Crippen LogP contribution in [0.1, 0.15) is 15.9 Å². The molecule has 0 radical (unpaired) electrons. The van der Waals surface area contributed by atoms with Gasteiger partial charge in [0, 0.05) is 0 Å². The number of aromatic carboxylic acids is 1. The van der Waals surface area contributed by atoms with Gasteiger partial charge in [0.1, 0.15) is 23.7 Å². The summed E-state index contributed by atoms with van der Waals surface area (Å²) in [4.78, 5) is 11.1. The molecule has 1 N–H and O–H groups in total. The Labute approximate surface area is 128 Å². The zero-order valence-corrected chi connectivity index (χ0v) is 12.4. The summed E-state index contributed by atoms with van der Waals surface area (Å²) in [5.74, 6) is -1.36. The Hall–Kier alpha value is -1.59. The van der Waals surface area contributed by atoms with Gasteiger partial charge in [-0.1, -0.05) is 23.7 Å². The second-order valence-electron chi connectivity index (χ2n) is 3.96. The van der Waals surface area contributed by atoms with Crippen LogP contribution in [0.5, 0.6) is 5.75 Å². The lowest BCUT2D eigenvalue weighted by Gasteiger charge is -2.10. The highest BCUT2D eigenvalue weighted by molar-refractivity contribution is 9.10. The van der Waals surface area contributed by atoms with Crippen molar-refractivity contribution < 1.29 is 19.0 Å². The summed E-state index contributed by atoms with van der Waals surface area (Å²) < 4.78 is 18.9. The van der Waals surface area contributed by atoms with Gasteiger partial charge in [-0.15, -0.1) is 0 Å². The first-order chi connectivity index (χ1) is 9.49. The first kappa shape index (κ1) is 14.8. The first-order valence-corrected chi connectivity index (χ1v) is 6.74. The largest absolute Gasteiger partial charge is 0.488 e. The van der Waals surface area contributed by atoms with Crippen molar-refractivity contribution in [1.82, 2.24) is 0 Å². The number of hydrogen-bond donors (Lipinski definition) is 1. The SMILES string of the molecule is O=C(O)c1c(Cl)cccc1OCc1ccc(F)c(Br)c1. The summed E-state index contributed by atoms with van der Waals surface area (Å²) in [6.07, 6.45) is 0. The van der Waals surface area contributed by atoms with E-state index >= 15 is 0 Å². The zero-order chi connectivity index (χ0) is 14.7. The monoisotopic (exact) mass is 358 g/mol. The normalized spacial score (nSPS) is 10.3. The molecule has 0 fully saturated rings. The fourth-order valence-corrected chi connectivity index (χ4v) is 2.30. The number of carboxylic acids is 1. The topological polar surface area (TPSA) is 46.5 Å². The number of rotatable bonds is 4. The van der Waals surface area contributed by atoms with E-state index in [1.807, 2.05) is 0 Å². The molecule has 104 valence electrons. The van der Waals surface area contributed by atoms with E-state index in [0.29, 0.717) is 10.0 Å². The van der Waals surface area contributed by atoms with Gasteiger partial charge < -0.3 is 9.84 Å². The Balaban J connectivity index is 2.21. The van der Waals surface area contributed by atoms with E-state index in [0.717, 1.165) is 0 Å². The third kappa shape index (κ3) is 3.29. The molecule has 0 heterocycles. The van der Waals surface area contributed by atoms with Gasteiger partial charge in [0.05, 0.1) is 9.50 Å². The van der Waals surface area contributed by atoms with Crippen LogP contribution in [0, 0.1) is 5.82 Å². The highest BCUT2D eigenvalue weighted by atomic mass is 79.9. The average molecular weight is 360 g/mol. The molecular weight excluding hydrogens is 351 g/mol.